The van der Waals surface area contributed by atoms with Gasteiger partial charge in [-0.3, -0.25) is 0 Å². The molecular formula is C17H17NO. The molecule has 0 fully saturated rings. The Balaban J connectivity index is 1.84. The smallest absolute Gasteiger partial charge is 0.128 e. The minimum absolute atomic E-state index is 0.592. The highest BCUT2D eigenvalue weighted by Crippen LogP contribution is 2.20. The topological polar surface area (TPSA) is 14.2 Å². The fraction of sp³-hybridized carbons (Fsp3) is 0.176. The van der Waals surface area contributed by atoms with Crippen LogP contribution in [0.2, 0.25) is 0 Å². The Labute approximate surface area is 113 Å². The summed E-state index contributed by atoms with van der Waals surface area (Å²) in [6, 6.07) is 18.7. The molecule has 0 aliphatic rings. The molecule has 0 saturated carbocycles. The maximum absolute atomic E-state index is 5.86. The summed E-state index contributed by atoms with van der Waals surface area (Å²) in [5.74, 6) is 0.922. The summed E-state index contributed by atoms with van der Waals surface area (Å²) < 4.78 is 8.05. The van der Waals surface area contributed by atoms with E-state index >= 15 is 0 Å². The molecule has 3 aromatic rings. The van der Waals surface area contributed by atoms with Crippen LogP contribution in [0.1, 0.15) is 11.3 Å². The van der Waals surface area contributed by atoms with Crippen LogP contribution in [-0.4, -0.2) is 4.57 Å². The Kier molecular flexibility index (Phi) is 3.00. The van der Waals surface area contributed by atoms with Crippen molar-refractivity contribution in [1.29, 1.82) is 0 Å². The predicted molar refractivity (Wildman–Crippen MR) is 78.4 cm³/mol. The molecule has 1 aromatic heterocycles. The molecule has 0 amide bonds. The van der Waals surface area contributed by atoms with E-state index in [1.165, 1.54) is 22.2 Å². The number of nitrogens with zero attached hydrogens (tertiary/aromatic N) is 1. The lowest BCUT2D eigenvalue weighted by molar-refractivity contribution is 0.297. The van der Waals surface area contributed by atoms with Crippen LogP contribution in [0.3, 0.4) is 0 Å². The van der Waals surface area contributed by atoms with Crippen molar-refractivity contribution in [2.75, 3.05) is 0 Å². The molecule has 0 N–H and O–H groups in total. The summed E-state index contributed by atoms with van der Waals surface area (Å²) in [6.07, 6.45) is 0. The van der Waals surface area contributed by atoms with Gasteiger partial charge in [0.25, 0.3) is 0 Å². The third-order valence-corrected chi connectivity index (χ3v) is 3.43. The van der Waals surface area contributed by atoms with Gasteiger partial charge >= 0.3 is 0 Å². The first-order valence-electron chi connectivity index (χ1n) is 6.47. The van der Waals surface area contributed by atoms with E-state index in [1.54, 1.807) is 0 Å². The van der Waals surface area contributed by atoms with Crippen molar-refractivity contribution in [2.45, 2.75) is 13.5 Å². The molecule has 0 spiro atoms. The van der Waals surface area contributed by atoms with Gasteiger partial charge in [0.1, 0.15) is 12.4 Å². The van der Waals surface area contributed by atoms with Crippen LogP contribution < -0.4 is 4.74 Å². The first kappa shape index (κ1) is 11.8. The second kappa shape index (κ2) is 4.81. The van der Waals surface area contributed by atoms with Gasteiger partial charge in [-0.05, 0) is 42.1 Å². The lowest BCUT2D eigenvalue weighted by atomic mass is 10.2. The van der Waals surface area contributed by atoms with Gasteiger partial charge < -0.3 is 9.30 Å². The number of aryl methyl sites for hydroxylation is 2. The quantitative estimate of drug-likeness (QED) is 0.684. The number of aromatic nitrogens is 1. The van der Waals surface area contributed by atoms with Crippen molar-refractivity contribution >= 4 is 10.9 Å². The molecule has 0 aliphatic carbocycles. The first-order chi connectivity index (χ1) is 9.24. The second-order valence-electron chi connectivity index (χ2n) is 4.86. The molecule has 96 valence electrons. The Morgan fingerprint density at radius 1 is 1.00 bits per heavy atom. The average Bonchev–Trinajstić information content (AvgIpc) is 2.74. The van der Waals surface area contributed by atoms with Gasteiger partial charge in [-0.2, -0.15) is 0 Å². The summed E-state index contributed by atoms with van der Waals surface area (Å²) >= 11 is 0. The summed E-state index contributed by atoms with van der Waals surface area (Å²) in [5.41, 5.74) is 3.64. The Hall–Kier alpha value is -2.22. The monoisotopic (exact) mass is 251 g/mol. The number of fused-ring (bicyclic) bond motifs is 1. The Bertz CT molecular complexity index is 712. The van der Waals surface area contributed by atoms with Gasteiger partial charge in [0.15, 0.2) is 0 Å². The van der Waals surface area contributed by atoms with E-state index in [0.29, 0.717) is 6.61 Å². The Morgan fingerprint density at radius 3 is 2.63 bits per heavy atom. The highest BCUT2D eigenvalue weighted by Gasteiger charge is 2.05. The van der Waals surface area contributed by atoms with E-state index < -0.39 is 0 Å². The van der Waals surface area contributed by atoms with E-state index in [2.05, 4.69) is 61.0 Å². The molecule has 19 heavy (non-hydrogen) atoms. The zero-order chi connectivity index (χ0) is 13.2. The third kappa shape index (κ3) is 2.34. The zero-order valence-electron chi connectivity index (χ0n) is 11.3. The molecule has 2 aromatic carbocycles. The van der Waals surface area contributed by atoms with Crippen LogP contribution in [0.25, 0.3) is 10.9 Å². The lowest BCUT2D eigenvalue weighted by Crippen LogP contribution is -2.01. The molecule has 2 heteroatoms. The van der Waals surface area contributed by atoms with Crippen molar-refractivity contribution in [3.05, 3.63) is 65.9 Å². The molecule has 2 nitrogen and oxygen atoms in total. The second-order valence-corrected chi connectivity index (χ2v) is 4.86. The Morgan fingerprint density at radius 2 is 1.84 bits per heavy atom. The van der Waals surface area contributed by atoms with Gasteiger partial charge in [-0.15, -0.1) is 0 Å². The van der Waals surface area contributed by atoms with Crippen LogP contribution in [0.15, 0.2) is 54.6 Å². The first-order valence-corrected chi connectivity index (χ1v) is 6.47. The molecule has 3 rings (SSSR count). The normalized spacial score (nSPS) is 10.8. The van der Waals surface area contributed by atoms with E-state index in [4.69, 9.17) is 4.74 Å². The lowest BCUT2D eigenvalue weighted by Gasteiger charge is -2.08. The van der Waals surface area contributed by atoms with Crippen molar-refractivity contribution in [3.8, 4) is 5.75 Å². The van der Waals surface area contributed by atoms with Crippen LogP contribution in [0.5, 0.6) is 5.75 Å². The summed E-state index contributed by atoms with van der Waals surface area (Å²) in [6.45, 7) is 2.66. The average molecular weight is 251 g/mol. The molecule has 0 unspecified atom stereocenters. The number of hydrogen-bond donors (Lipinski definition) is 0. The molecule has 0 aliphatic heterocycles. The van der Waals surface area contributed by atoms with E-state index in [-0.39, 0.29) is 0 Å². The van der Waals surface area contributed by atoms with Crippen LogP contribution in [0.4, 0.5) is 0 Å². The SMILES string of the molecule is Cc1cccc(OCc2cc3ccccc3n2C)c1. The largest absolute Gasteiger partial charge is 0.487 e. The molecule has 0 atom stereocenters. The van der Waals surface area contributed by atoms with Gasteiger partial charge in [-0.25, -0.2) is 0 Å². The fourth-order valence-electron chi connectivity index (χ4n) is 2.35. The van der Waals surface area contributed by atoms with Gasteiger partial charge in [-0.1, -0.05) is 30.3 Å². The highest BCUT2D eigenvalue weighted by molar-refractivity contribution is 5.81. The zero-order valence-corrected chi connectivity index (χ0v) is 11.3. The number of ether oxygens (including phenoxy) is 1. The van der Waals surface area contributed by atoms with Crippen molar-refractivity contribution in [2.24, 2.45) is 7.05 Å². The molecule has 1 heterocycles. The maximum Gasteiger partial charge on any atom is 0.128 e. The number of benzene rings is 2. The minimum Gasteiger partial charge on any atom is -0.487 e. The molecule has 0 bridgehead atoms. The van der Waals surface area contributed by atoms with Crippen molar-refractivity contribution < 1.29 is 4.74 Å². The summed E-state index contributed by atoms with van der Waals surface area (Å²) in [7, 11) is 2.08. The minimum atomic E-state index is 0.592. The molecular weight excluding hydrogens is 234 g/mol. The van der Waals surface area contributed by atoms with E-state index in [0.717, 1.165) is 5.75 Å². The highest BCUT2D eigenvalue weighted by atomic mass is 16.5. The molecule has 0 radical (unpaired) electrons. The van der Waals surface area contributed by atoms with Gasteiger partial charge in [0.05, 0.1) is 5.69 Å². The number of para-hydroxylation sites is 1. The standard InChI is InChI=1S/C17H17NO/c1-13-6-5-8-16(10-13)19-12-15-11-14-7-3-4-9-17(14)18(15)2/h3-11H,12H2,1-2H3. The third-order valence-electron chi connectivity index (χ3n) is 3.43. The van der Waals surface area contributed by atoms with E-state index in [1.807, 2.05) is 12.1 Å². The predicted octanol–water partition coefficient (Wildman–Crippen LogP) is 4.07. The fourth-order valence-corrected chi connectivity index (χ4v) is 2.35. The maximum atomic E-state index is 5.86. The van der Waals surface area contributed by atoms with Gasteiger partial charge in [0, 0.05) is 12.6 Å². The number of rotatable bonds is 3. The summed E-state index contributed by atoms with van der Waals surface area (Å²) in [4.78, 5) is 0. The van der Waals surface area contributed by atoms with Crippen LogP contribution in [0, 0.1) is 6.92 Å². The molecule has 0 saturated heterocycles. The van der Waals surface area contributed by atoms with Gasteiger partial charge in [0.2, 0.25) is 0 Å². The van der Waals surface area contributed by atoms with Crippen LogP contribution >= 0.6 is 0 Å². The van der Waals surface area contributed by atoms with E-state index in [9.17, 15) is 0 Å². The number of hydrogen-bond acceptors (Lipinski definition) is 1. The van der Waals surface area contributed by atoms with Crippen molar-refractivity contribution in [1.82, 2.24) is 4.57 Å². The van der Waals surface area contributed by atoms with Crippen LogP contribution in [-0.2, 0) is 13.7 Å². The summed E-state index contributed by atoms with van der Waals surface area (Å²) in [5, 5.41) is 1.26. The van der Waals surface area contributed by atoms with Crippen molar-refractivity contribution in [3.63, 3.8) is 0 Å².